The predicted molar refractivity (Wildman–Crippen MR) is 66.4 cm³/mol. The van der Waals surface area contributed by atoms with Gasteiger partial charge in [-0.3, -0.25) is 9.48 Å². The second-order valence-corrected chi connectivity index (χ2v) is 4.52. The van der Waals surface area contributed by atoms with E-state index < -0.39 is 18.6 Å². The van der Waals surface area contributed by atoms with Crippen molar-refractivity contribution in [1.82, 2.24) is 20.1 Å². The average Bonchev–Trinajstić information content (AvgIpc) is 2.60. The Hall–Kier alpha value is -2.12. The predicted octanol–water partition coefficient (Wildman–Crippen LogP) is 1.88. The van der Waals surface area contributed by atoms with Gasteiger partial charge in [-0.05, 0) is 19.9 Å². The molecule has 2 aromatic heterocycles. The maximum atomic E-state index is 12.2. The molecule has 0 radical (unpaired) electrons. The zero-order chi connectivity index (χ0) is 15.1. The van der Waals surface area contributed by atoms with Crippen LogP contribution in [-0.2, 0) is 7.05 Å². The highest BCUT2D eigenvalue weighted by Gasteiger charge is 2.28. The van der Waals surface area contributed by atoms with Crippen molar-refractivity contribution in [3.05, 3.63) is 23.0 Å². The Morgan fingerprint density at radius 3 is 2.65 bits per heavy atom. The number of alkyl halides is 3. The van der Waals surface area contributed by atoms with Crippen LogP contribution in [0.3, 0.4) is 0 Å². The molecule has 0 bridgehead atoms. The van der Waals surface area contributed by atoms with Gasteiger partial charge in [0, 0.05) is 12.7 Å². The summed E-state index contributed by atoms with van der Waals surface area (Å²) in [5.74, 6) is -0.783. The van der Waals surface area contributed by atoms with Crippen LogP contribution in [0.4, 0.5) is 13.2 Å². The molecule has 0 aliphatic heterocycles. The number of fused-ring (bicyclic) bond motifs is 1. The van der Waals surface area contributed by atoms with Crippen molar-refractivity contribution < 1.29 is 18.0 Å². The molecule has 8 heteroatoms. The number of aromatic nitrogens is 3. The molecule has 0 aromatic carbocycles. The van der Waals surface area contributed by atoms with Gasteiger partial charge in [0.1, 0.15) is 6.54 Å². The number of hydrogen-bond acceptors (Lipinski definition) is 3. The second kappa shape index (κ2) is 4.77. The summed E-state index contributed by atoms with van der Waals surface area (Å²) in [5, 5.41) is 6.47. The number of carbonyl (C=O) groups excluding carboxylic acids is 1. The lowest BCUT2D eigenvalue weighted by Gasteiger charge is -2.09. The van der Waals surface area contributed by atoms with Gasteiger partial charge in [0.15, 0.2) is 5.65 Å². The van der Waals surface area contributed by atoms with Crippen molar-refractivity contribution in [2.45, 2.75) is 20.0 Å². The molecule has 108 valence electrons. The summed E-state index contributed by atoms with van der Waals surface area (Å²) in [4.78, 5) is 16.2. The van der Waals surface area contributed by atoms with Gasteiger partial charge in [0.25, 0.3) is 5.91 Å². The van der Waals surface area contributed by atoms with Crippen LogP contribution in [0.15, 0.2) is 6.07 Å². The molecule has 0 unspecified atom stereocenters. The molecular weight excluding hydrogens is 273 g/mol. The number of carbonyl (C=O) groups is 1. The quantitative estimate of drug-likeness (QED) is 0.917. The fourth-order valence-electron chi connectivity index (χ4n) is 2.02. The lowest BCUT2D eigenvalue weighted by atomic mass is 10.1. The third-order valence-corrected chi connectivity index (χ3v) is 2.79. The first-order valence-electron chi connectivity index (χ1n) is 5.85. The van der Waals surface area contributed by atoms with Gasteiger partial charge in [-0.25, -0.2) is 4.98 Å². The molecule has 2 heterocycles. The van der Waals surface area contributed by atoms with Gasteiger partial charge in [0.05, 0.1) is 16.6 Å². The number of nitrogens with zero attached hydrogens (tertiary/aromatic N) is 3. The summed E-state index contributed by atoms with van der Waals surface area (Å²) in [7, 11) is 1.67. The van der Waals surface area contributed by atoms with Crippen LogP contribution in [0.5, 0.6) is 0 Å². The van der Waals surface area contributed by atoms with E-state index in [0.29, 0.717) is 22.4 Å². The second-order valence-electron chi connectivity index (χ2n) is 4.52. The Morgan fingerprint density at radius 2 is 2.05 bits per heavy atom. The summed E-state index contributed by atoms with van der Waals surface area (Å²) in [6, 6.07) is 1.46. The van der Waals surface area contributed by atoms with Crippen LogP contribution in [0, 0.1) is 13.8 Å². The fourth-order valence-corrected chi connectivity index (χ4v) is 2.02. The molecular formula is C12H13F3N4O. The van der Waals surface area contributed by atoms with Gasteiger partial charge in [-0.1, -0.05) is 0 Å². The van der Waals surface area contributed by atoms with E-state index in [1.165, 1.54) is 10.7 Å². The molecule has 0 saturated heterocycles. The number of aryl methyl sites for hydroxylation is 3. The van der Waals surface area contributed by atoms with E-state index in [1.54, 1.807) is 20.9 Å². The first-order chi connectivity index (χ1) is 9.19. The van der Waals surface area contributed by atoms with Gasteiger partial charge < -0.3 is 5.32 Å². The minimum absolute atomic E-state index is 0.155. The maximum absolute atomic E-state index is 12.2. The largest absolute Gasteiger partial charge is 0.405 e. The number of rotatable bonds is 2. The highest BCUT2D eigenvalue weighted by Crippen LogP contribution is 2.22. The highest BCUT2D eigenvalue weighted by molar-refractivity contribution is 6.06. The van der Waals surface area contributed by atoms with Gasteiger partial charge in [0.2, 0.25) is 0 Å². The number of pyridine rings is 1. The van der Waals surface area contributed by atoms with Crippen LogP contribution in [0.2, 0.25) is 0 Å². The topological polar surface area (TPSA) is 59.8 Å². The van der Waals surface area contributed by atoms with E-state index >= 15 is 0 Å². The zero-order valence-electron chi connectivity index (χ0n) is 11.2. The minimum atomic E-state index is -4.44. The summed E-state index contributed by atoms with van der Waals surface area (Å²) in [6.45, 7) is 1.98. The lowest BCUT2D eigenvalue weighted by Crippen LogP contribution is -2.33. The summed E-state index contributed by atoms with van der Waals surface area (Å²) in [6.07, 6.45) is -4.44. The minimum Gasteiger partial charge on any atom is -0.343 e. The van der Waals surface area contributed by atoms with E-state index in [-0.39, 0.29) is 5.56 Å². The molecule has 20 heavy (non-hydrogen) atoms. The molecule has 1 amide bonds. The Labute approximate surface area is 112 Å². The van der Waals surface area contributed by atoms with Crippen LogP contribution < -0.4 is 5.32 Å². The first-order valence-corrected chi connectivity index (χ1v) is 5.85. The van der Waals surface area contributed by atoms with Gasteiger partial charge in [-0.2, -0.15) is 18.3 Å². The first kappa shape index (κ1) is 14.3. The standard InChI is InChI=1S/C12H13F3N4O/c1-6-4-8(11(20)16-5-12(13,14)15)9-7(2)18-19(3)10(9)17-6/h4H,5H2,1-3H3,(H,16,20). The van der Waals surface area contributed by atoms with E-state index in [4.69, 9.17) is 0 Å². The van der Waals surface area contributed by atoms with E-state index in [0.717, 1.165) is 0 Å². The molecule has 2 aromatic rings. The van der Waals surface area contributed by atoms with Crippen molar-refractivity contribution in [1.29, 1.82) is 0 Å². The number of amides is 1. The molecule has 0 aliphatic carbocycles. The van der Waals surface area contributed by atoms with E-state index in [9.17, 15) is 18.0 Å². The highest BCUT2D eigenvalue weighted by atomic mass is 19.4. The summed E-state index contributed by atoms with van der Waals surface area (Å²) < 4.78 is 38.0. The van der Waals surface area contributed by atoms with E-state index in [1.807, 2.05) is 5.32 Å². The van der Waals surface area contributed by atoms with Crippen molar-refractivity contribution in [3.8, 4) is 0 Å². The molecule has 0 spiro atoms. The number of nitrogens with one attached hydrogen (secondary N) is 1. The smallest absolute Gasteiger partial charge is 0.343 e. The molecule has 2 rings (SSSR count). The Balaban J connectivity index is 2.46. The molecule has 0 fully saturated rings. The third-order valence-electron chi connectivity index (χ3n) is 2.79. The molecule has 0 aliphatic rings. The molecule has 1 N–H and O–H groups in total. The van der Waals surface area contributed by atoms with Crippen LogP contribution >= 0.6 is 0 Å². The summed E-state index contributed by atoms with van der Waals surface area (Å²) >= 11 is 0. The Bertz CT molecular complexity index is 675. The average molecular weight is 286 g/mol. The normalized spacial score (nSPS) is 11.9. The van der Waals surface area contributed by atoms with Gasteiger partial charge in [-0.15, -0.1) is 0 Å². The van der Waals surface area contributed by atoms with E-state index in [2.05, 4.69) is 10.1 Å². The third kappa shape index (κ3) is 2.73. The summed E-state index contributed by atoms with van der Waals surface area (Å²) in [5.41, 5.74) is 1.71. The van der Waals surface area contributed by atoms with Crippen molar-refractivity contribution >= 4 is 16.9 Å². The Kier molecular flexibility index (Phi) is 3.41. The number of hydrogen-bond donors (Lipinski definition) is 1. The number of halogens is 3. The SMILES string of the molecule is Cc1cc(C(=O)NCC(F)(F)F)c2c(C)nn(C)c2n1. The van der Waals surface area contributed by atoms with Crippen molar-refractivity contribution in [2.24, 2.45) is 7.05 Å². The lowest BCUT2D eigenvalue weighted by molar-refractivity contribution is -0.123. The molecule has 0 saturated carbocycles. The Morgan fingerprint density at radius 1 is 1.40 bits per heavy atom. The fraction of sp³-hybridized carbons (Fsp3) is 0.417. The van der Waals surface area contributed by atoms with Crippen molar-refractivity contribution in [2.75, 3.05) is 6.54 Å². The van der Waals surface area contributed by atoms with Crippen LogP contribution in [0.25, 0.3) is 11.0 Å². The monoisotopic (exact) mass is 286 g/mol. The van der Waals surface area contributed by atoms with Gasteiger partial charge >= 0.3 is 6.18 Å². The molecule has 0 atom stereocenters. The maximum Gasteiger partial charge on any atom is 0.405 e. The molecule has 5 nitrogen and oxygen atoms in total. The van der Waals surface area contributed by atoms with Crippen LogP contribution in [-0.4, -0.2) is 33.4 Å². The van der Waals surface area contributed by atoms with Crippen molar-refractivity contribution in [3.63, 3.8) is 0 Å². The zero-order valence-corrected chi connectivity index (χ0v) is 11.2. The van der Waals surface area contributed by atoms with Crippen LogP contribution in [0.1, 0.15) is 21.7 Å².